The molecule has 4 heteroatoms. The van der Waals surface area contributed by atoms with Gasteiger partial charge >= 0.3 is 0 Å². The van der Waals surface area contributed by atoms with Crippen LogP contribution in [0.5, 0.6) is 11.5 Å². The molecule has 0 N–H and O–H groups in total. The molecule has 4 heterocycles. The van der Waals surface area contributed by atoms with Crippen LogP contribution in [0.4, 0.5) is 0 Å². The van der Waals surface area contributed by atoms with E-state index in [1.165, 1.54) is 17.4 Å². The summed E-state index contributed by atoms with van der Waals surface area (Å²) < 4.78 is 12.6. The van der Waals surface area contributed by atoms with Crippen molar-refractivity contribution in [1.82, 2.24) is 9.88 Å². The maximum absolute atomic E-state index is 7.02. The minimum Gasteiger partial charge on any atom is -0.497 e. The van der Waals surface area contributed by atoms with Gasteiger partial charge < -0.3 is 9.47 Å². The average molecular weight is 451 g/mol. The Bertz CT molecular complexity index is 1340. The first kappa shape index (κ1) is 21.2. The zero-order chi connectivity index (χ0) is 23.1. The van der Waals surface area contributed by atoms with Crippen LogP contribution in [-0.2, 0) is 0 Å². The number of nitrogens with zero attached hydrogens (tertiary/aromatic N) is 2. The Hall–Kier alpha value is -3.37. The van der Waals surface area contributed by atoms with E-state index in [0.29, 0.717) is 17.9 Å². The smallest absolute Gasteiger partial charge is 0.140 e. The molecule has 5 atom stereocenters. The monoisotopic (exact) mass is 450 g/mol. The third-order valence-electron chi connectivity index (χ3n) is 7.80. The molecule has 3 saturated heterocycles. The summed E-state index contributed by atoms with van der Waals surface area (Å²) in [6.07, 6.45) is 6.29. The van der Waals surface area contributed by atoms with E-state index in [0.717, 1.165) is 47.3 Å². The predicted octanol–water partition coefficient (Wildman–Crippen LogP) is 6.41. The summed E-state index contributed by atoms with van der Waals surface area (Å²) in [5, 5.41) is 3.43. The summed E-state index contributed by atoms with van der Waals surface area (Å²) in [4.78, 5) is 7.26. The minimum atomic E-state index is -0.114. The molecule has 0 saturated carbocycles. The standard InChI is InChI=1S/C30H30N2O2/c1-3-20-19-32-16-14-22(20)17-28(32)30(34-29-10-6-8-21-7-4-5-9-24(21)29)25-13-15-31-27-12-11-23(33-2)18-26(25)27/h3-13,15,18,20,22,28,30H,1,14,16-17,19H2,2H3/t20-,22-,28+,30-/m0/s1. The van der Waals surface area contributed by atoms with Crippen molar-refractivity contribution in [3.05, 3.63) is 91.1 Å². The molecule has 3 aromatic carbocycles. The molecule has 0 amide bonds. The van der Waals surface area contributed by atoms with Crippen LogP contribution in [0.15, 0.2) is 85.6 Å². The SMILES string of the molecule is C=C[C@H]1CN2CC[C@H]1C[C@@H]2[C@@H](Oc1cccc2ccccc12)c1ccnc2ccc(OC)cc12. The molecule has 3 aliphatic rings. The number of ether oxygens (including phenoxy) is 2. The molecule has 4 nitrogen and oxygen atoms in total. The van der Waals surface area contributed by atoms with E-state index < -0.39 is 0 Å². The van der Waals surface area contributed by atoms with Gasteiger partial charge in [-0.3, -0.25) is 9.88 Å². The fourth-order valence-corrected chi connectivity index (χ4v) is 6.00. The summed E-state index contributed by atoms with van der Waals surface area (Å²) in [5.41, 5.74) is 2.13. The molecule has 4 aromatic rings. The normalized spacial score (nSPS) is 24.7. The fourth-order valence-electron chi connectivity index (χ4n) is 6.00. The van der Waals surface area contributed by atoms with E-state index in [4.69, 9.17) is 9.47 Å². The highest BCUT2D eigenvalue weighted by molar-refractivity contribution is 5.88. The summed E-state index contributed by atoms with van der Waals surface area (Å²) >= 11 is 0. The van der Waals surface area contributed by atoms with Gasteiger partial charge in [0.15, 0.2) is 0 Å². The van der Waals surface area contributed by atoms with Crippen LogP contribution < -0.4 is 9.47 Å². The van der Waals surface area contributed by atoms with Gasteiger partial charge in [0.05, 0.1) is 18.7 Å². The van der Waals surface area contributed by atoms with Crippen molar-refractivity contribution in [2.24, 2.45) is 11.8 Å². The predicted molar refractivity (Wildman–Crippen MR) is 137 cm³/mol. The van der Waals surface area contributed by atoms with Crippen molar-refractivity contribution in [2.45, 2.75) is 25.0 Å². The maximum Gasteiger partial charge on any atom is 0.140 e. The van der Waals surface area contributed by atoms with Gasteiger partial charge in [-0.15, -0.1) is 6.58 Å². The number of piperidine rings is 3. The maximum atomic E-state index is 7.02. The molecule has 1 unspecified atom stereocenters. The fraction of sp³-hybridized carbons (Fsp3) is 0.300. The average Bonchev–Trinajstić information content (AvgIpc) is 2.91. The summed E-state index contributed by atoms with van der Waals surface area (Å²) in [5.74, 6) is 2.99. The second-order valence-corrected chi connectivity index (χ2v) is 9.55. The van der Waals surface area contributed by atoms with Crippen LogP contribution in [0.3, 0.4) is 0 Å². The van der Waals surface area contributed by atoms with E-state index in [1.54, 1.807) is 7.11 Å². The van der Waals surface area contributed by atoms with Crippen LogP contribution in [0.1, 0.15) is 24.5 Å². The molecule has 7 rings (SSSR count). The van der Waals surface area contributed by atoms with Crippen molar-refractivity contribution >= 4 is 21.7 Å². The van der Waals surface area contributed by atoms with Gasteiger partial charge in [0, 0.05) is 29.1 Å². The molecule has 34 heavy (non-hydrogen) atoms. The van der Waals surface area contributed by atoms with Crippen molar-refractivity contribution in [2.75, 3.05) is 20.2 Å². The molecule has 0 spiro atoms. The van der Waals surface area contributed by atoms with Gasteiger partial charge in [0.25, 0.3) is 0 Å². The highest BCUT2D eigenvalue weighted by Crippen LogP contribution is 2.44. The number of aromatic nitrogens is 1. The Morgan fingerprint density at radius 2 is 1.94 bits per heavy atom. The highest BCUT2D eigenvalue weighted by atomic mass is 16.5. The molecule has 1 aromatic heterocycles. The number of pyridine rings is 1. The van der Waals surface area contributed by atoms with Crippen LogP contribution in [-0.4, -0.2) is 36.1 Å². The van der Waals surface area contributed by atoms with Gasteiger partial charge in [-0.1, -0.05) is 42.5 Å². The van der Waals surface area contributed by atoms with Crippen molar-refractivity contribution < 1.29 is 9.47 Å². The summed E-state index contributed by atoms with van der Waals surface area (Å²) in [7, 11) is 1.71. The molecule has 0 aliphatic carbocycles. The Kier molecular flexibility index (Phi) is 5.46. The molecule has 3 fully saturated rings. The highest BCUT2D eigenvalue weighted by Gasteiger charge is 2.44. The lowest BCUT2D eigenvalue weighted by molar-refractivity contribution is -0.0353. The first-order chi connectivity index (χ1) is 16.7. The topological polar surface area (TPSA) is 34.6 Å². The molecule has 3 aliphatic heterocycles. The number of hydrogen-bond donors (Lipinski definition) is 0. The molecule has 2 bridgehead atoms. The lowest BCUT2D eigenvalue weighted by Crippen LogP contribution is -2.55. The van der Waals surface area contributed by atoms with E-state index in [9.17, 15) is 0 Å². The van der Waals surface area contributed by atoms with Crippen LogP contribution in [0.25, 0.3) is 21.7 Å². The molecule has 172 valence electrons. The zero-order valence-corrected chi connectivity index (χ0v) is 19.6. The van der Waals surface area contributed by atoms with E-state index >= 15 is 0 Å². The molecule has 0 radical (unpaired) electrons. The number of rotatable bonds is 6. The second-order valence-electron chi connectivity index (χ2n) is 9.55. The van der Waals surface area contributed by atoms with Gasteiger partial charge in [-0.05, 0) is 66.9 Å². The van der Waals surface area contributed by atoms with Gasteiger partial charge in [-0.2, -0.15) is 0 Å². The largest absolute Gasteiger partial charge is 0.497 e. The number of benzene rings is 3. The Morgan fingerprint density at radius 3 is 2.76 bits per heavy atom. The van der Waals surface area contributed by atoms with Crippen molar-refractivity contribution in [3.63, 3.8) is 0 Å². The second kappa shape index (κ2) is 8.77. The lowest BCUT2D eigenvalue weighted by atomic mass is 9.73. The van der Waals surface area contributed by atoms with Gasteiger partial charge in [0.1, 0.15) is 17.6 Å². The summed E-state index contributed by atoms with van der Waals surface area (Å²) in [6, 6.07) is 23.3. The Morgan fingerprint density at radius 1 is 1.06 bits per heavy atom. The van der Waals surface area contributed by atoms with Crippen molar-refractivity contribution in [1.29, 1.82) is 0 Å². The Balaban J connectivity index is 1.49. The van der Waals surface area contributed by atoms with E-state index in [1.807, 2.05) is 18.3 Å². The minimum absolute atomic E-state index is 0.114. The van der Waals surface area contributed by atoms with Crippen molar-refractivity contribution in [3.8, 4) is 11.5 Å². The number of fused-ring (bicyclic) bond motifs is 5. The zero-order valence-electron chi connectivity index (χ0n) is 19.6. The third kappa shape index (κ3) is 3.63. The quantitative estimate of drug-likeness (QED) is 0.318. The number of methoxy groups -OCH3 is 1. The lowest BCUT2D eigenvalue weighted by Gasteiger charge is -2.51. The third-order valence-corrected chi connectivity index (χ3v) is 7.80. The van der Waals surface area contributed by atoms with Gasteiger partial charge in [-0.25, -0.2) is 0 Å². The van der Waals surface area contributed by atoms with E-state index in [2.05, 4.69) is 77.1 Å². The number of hydrogen-bond acceptors (Lipinski definition) is 4. The first-order valence-electron chi connectivity index (χ1n) is 12.2. The first-order valence-corrected chi connectivity index (χ1v) is 12.2. The molecular formula is C30H30N2O2. The van der Waals surface area contributed by atoms with Crippen LogP contribution in [0.2, 0.25) is 0 Å². The molecular weight excluding hydrogens is 420 g/mol. The van der Waals surface area contributed by atoms with Crippen LogP contribution >= 0.6 is 0 Å². The van der Waals surface area contributed by atoms with Crippen LogP contribution in [0, 0.1) is 11.8 Å². The summed E-state index contributed by atoms with van der Waals surface area (Å²) in [6.45, 7) is 6.28. The van der Waals surface area contributed by atoms with Gasteiger partial charge in [0.2, 0.25) is 0 Å². The van der Waals surface area contributed by atoms with E-state index in [-0.39, 0.29) is 6.10 Å². The Labute approximate surface area is 200 Å².